The smallest absolute Gasteiger partial charge is 0.270 e. The van der Waals surface area contributed by atoms with Gasteiger partial charge in [-0.3, -0.25) is 20.2 Å². The van der Waals surface area contributed by atoms with Gasteiger partial charge in [0.1, 0.15) is 11.5 Å². The molecule has 0 aliphatic rings. The molecule has 0 unspecified atom stereocenters. The number of ether oxygens (including phenoxy) is 1. The molecule has 0 saturated heterocycles. The number of nitro benzene ring substituents is 2. The zero-order valence-corrected chi connectivity index (χ0v) is 25.8. The minimum Gasteiger partial charge on any atom is -0.457 e. The Hall–Kier alpha value is -3.06. The molecule has 0 aromatic heterocycles. The third-order valence-electron chi connectivity index (χ3n) is 6.47. The van der Waals surface area contributed by atoms with Crippen LogP contribution in [0.5, 0.6) is 11.5 Å². The summed E-state index contributed by atoms with van der Waals surface area (Å²) >= 11 is 4.31. The number of nitro groups is 2. The highest BCUT2D eigenvalue weighted by Crippen LogP contribution is 2.32. The summed E-state index contributed by atoms with van der Waals surface area (Å²) in [5.41, 5.74) is 6.71. The van der Waals surface area contributed by atoms with Crippen molar-refractivity contribution in [3.63, 3.8) is 0 Å². The second-order valence-electron chi connectivity index (χ2n) is 9.39. The highest BCUT2D eigenvalue weighted by molar-refractivity contribution is 14.1. The van der Waals surface area contributed by atoms with Gasteiger partial charge in [0.25, 0.3) is 11.4 Å². The highest BCUT2D eigenvalue weighted by Gasteiger charge is 2.14. The van der Waals surface area contributed by atoms with Gasteiger partial charge in [-0.15, -0.1) is 0 Å². The molecule has 0 amide bonds. The van der Waals surface area contributed by atoms with E-state index in [0.29, 0.717) is 0 Å². The first-order valence-corrected chi connectivity index (χ1v) is 14.5. The van der Waals surface area contributed by atoms with Crippen LogP contribution in [-0.2, 0) is 25.7 Å². The van der Waals surface area contributed by atoms with Crippen LogP contribution in [-0.4, -0.2) is 9.85 Å². The maximum Gasteiger partial charge on any atom is 0.270 e. The fourth-order valence-corrected chi connectivity index (χ4v) is 5.91. The van der Waals surface area contributed by atoms with Gasteiger partial charge >= 0.3 is 0 Å². The number of aryl methyl sites for hydroxylation is 6. The third kappa shape index (κ3) is 7.53. The molecule has 39 heavy (non-hydrogen) atoms. The number of hydrogen-bond donors (Lipinski definition) is 0. The van der Waals surface area contributed by atoms with E-state index in [1.165, 1.54) is 0 Å². The van der Waals surface area contributed by atoms with E-state index in [1.54, 1.807) is 24.3 Å². The van der Waals surface area contributed by atoms with Crippen LogP contribution in [0, 0.1) is 41.2 Å². The van der Waals surface area contributed by atoms with Crippen LogP contribution < -0.4 is 4.74 Å². The number of hydrogen-bond acceptors (Lipinski definition) is 5. The molecule has 4 aromatic rings. The van der Waals surface area contributed by atoms with Crippen molar-refractivity contribution in [3.8, 4) is 11.5 Å². The zero-order valence-electron chi connectivity index (χ0n) is 21.4. The molecule has 0 heterocycles. The second-order valence-corrected chi connectivity index (χ2v) is 11.7. The van der Waals surface area contributed by atoms with Crippen molar-refractivity contribution in [1.29, 1.82) is 0 Å². The van der Waals surface area contributed by atoms with E-state index in [2.05, 4.69) is 57.3 Å². The first kappa shape index (κ1) is 28.9. The molecular formula is C30H26I2N2O5. The van der Waals surface area contributed by atoms with Gasteiger partial charge in [0.2, 0.25) is 0 Å². The highest BCUT2D eigenvalue weighted by atomic mass is 127. The Balaban J connectivity index is 1.54. The van der Waals surface area contributed by atoms with Crippen LogP contribution in [0.15, 0.2) is 72.8 Å². The molecule has 9 heteroatoms. The lowest BCUT2D eigenvalue weighted by molar-refractivity contribution is -0.385. The summed E-state index contributed by atoms with van der Waals surface area (Å²) in [6.07, 6.45) is 2.92. The number of non-ortho nitro benzene ring substituents is 2. The first-order valence-electron chi connectivity index (χ1n) is 12.3. The molecule has 0 spiro atoms. The van der Waals surface area contributed by atoms with Crippen LogP contribution >= 0.6 is 45.2 Å². The summed E-state index contributed by atoms with van der Waals surface area (Å²) in [5, 5.41) is 22.2. The average molecular weight is 748 g/mol. The average Bonchev–Trinajstić information content (AvgIpc) is 2.89. The van der Waals surface area contributed by atoms with Crippen molar-refractivity contribution in [3.05, 3.63) is 134 Å². The number of rotatable bonds is 10. The molecule has 200 valence electrons. The fourth-order valence-electron chi connectivity index (χ4n) is 4.37. The predicted octanol–water partition coefficient (Wildman–Crippen LogP) is 8.69. The Morgan fingerprint density at radius 1 is 0.590 bits per heavy atom. The molecular weight excluding hydrogens is 722 g/mol. The van der Waals surface area contributed by atoms with Gasteiger partial charge in [-0.25, -0.2) is 0 Å². The van der Waals surface area contributed by atoms with Gasteiger partial charge < -0.3 is 4.74 Å². The second kappa shape index (κ2) is 12.9. The van der Waals surface area contributed by atoms with E-state index >= 15 is 0 Å². The maximum absolute atomic E-state index is 11.1. The number of benzene rings is 4. The van der Waals surface area contributed by atoms with E-state index in [1.807, 2.05) is 50.2 Å². The fraction of sp³-hybridized carbons (Fsp3) is 0.200. The third-order valence-corrected chi connectivity index (χ3v) is 8.48. The van der Waals surface area contributed by atoms with Gasteiger partial charge in [0.05, 0.1) is 9.85 Å². The van der Waals surface area contributed by atoms with Crippen molar-refractivity contribution in [2.75, 3.05) is 0 Å². The van der Waals surface area contributed by atoms with Gasteiger partial charge in [-0.2, -0.15) is 0 Å². The van der Waals surface area contributed by atoms with Crippen molar-refractivity contribution in [2.24, 2.45) is 0 Å². The van der Waals surface area contributed by atoms with Crippen LogP contribution in [0.2, 0.25) is 0 Å². The molecule has 0 saturated carbocycles. The number of nitrogens with zero attached hydrogens (tertiary/aromatic N) is 2. The molecule has 0 aliphatic heterocycles. The number of halogens is 2. The van der Waals surface area contributed by atoms with Crippen LogP contribution in [0.25, 0.3) is 0 Å². The predicted molar refractivity (Wildman–Crippen MR) is 169 cm³/mol. The van der Waals surface area contributed by atoms with Crippen LogP contribution in [0.4, 0.5) is 11.4 Å². The molecule has 0 radical (unpaired) electrons. The molecule has 0 atom stereocenters. The van der Waals surface area contributed by atoms with Gasteiger partial charge in [-0.1, -0.05) is 47.5 Å². The standard InChI is InChI=1S/C30H26I2N2O5/c1-19-3-13-29(23(15-19)7-5-21-9-11-25(33(35)36)17-27(21)31)39-30-14-4-20(2)16-24(30)8-6-22-10-12-26(34(37)38)18-28(22)32/h3-4,9-18H,5-8H2,1-2H3. The summed E-state index contributed by atoms with van der Waals surface area (Å²) in [4.78, 5) is 21.4. The van der Waals surface area contributed by atoms with E-state index < -0.39 is 0 Å². The summed E-state index contributed by atoms with van der Waals surface area (Å²) in [5.74, 6) is 1.57. The topological polar surface area (TPSA) is 95.5 Å². The summed E-state index contributed by atoms with van der Waals surface area (Å²) < 4.78 is 8.25. The van der Waals surface area contributed by atoms with E-state index in [-0.39, 0.29) is 21.2 Å². The minimum absolute atomic E-state index is 0.0954. The Kier molecular flexibility index (Phi) is 9.54. The maximum atomic E-state index is 11.1. The lowest BCUT2D eigenvalue weighted by Gasteiger charge is -2.16. The molecule has 0 fully saturated rings. The van der Waals surface area contributed by atoms with E-state index in [4.69, 9.17) is 4.74 Å². The lowest BCUT2D eigenvalue weighted by atomic mass is 10.0. The largest absolute Gasteiger partial charge is 0.457 e. The Morgan fingerprint density at radius 3 is 1.33 bits per heavy atom. The molecule has 0 bridgehead atoms. The van der Waals surface area contributed by atoms with Crippen LogP contribution in [0.1, 0.15) is 33.4 Å². The molecule has 4 aromatic carbocycles. The van der Waals surface area contributed by atoms with Crippen molar-refractivity contribution < 1.29 is 14.6 Å². The lowest BCUT2D eigenvalue weighted by Crippen LogP contribution is -2.01. The monoisotopic (exact) mass is 748 g/mol. The van der Waals surface area contributed by atoms with Gasteiger partial charge in [-0.05, 0) is 119 Å². The summed E-state index contributed by atoms with van der Waals surface area (Å²) in [6.45, 7) is 4.10. The van der Waals surface area contributed by atoms with Crippen molar-refractivity contribution in [2.45, 2.75) is 39.5 Å². The molecule has 0 N–H and O–H groups in total. The van der Waals surface area contributed by atoms with E-state index in [0.717, 1.165) is 77.7 Å². The van der Waals surface area contributed by atoms with Gasteiger partial charge in [0, 0.05) is 31.4 Å². The molecule has 0 aliphatic carbocycles. The SMILES string of the molecule is Cc1ccc(Oc2ccc(C)cc2CCc2ccc([N+](=O)[O-])cc2I)c(CCc2ccc([N+](=O)[O-])cc2I)c1. The van der Waals surface area contributed by atoms with Crippen molar-refractivity contribution in [1.82, 2.24) is 0 Å². The van der Waals surface area contributed by atoms with E-state index in [9.17, 15) is 20.2 Å². The zero-order chi connectivity index (χ0) is 28.1. The van der Waals surface area contributed by atoms with Gasteiger partial charge in [0.15, 0.2) is 0 Å². The quantitative estimate of drug-likeness (QED) is 0.0919. The Labute approximate surface area is 254 Å². The Morgan fingerprint density at radius 2 is 0.974 bits per heavy atom. The summed E-state index contributed by atoms with van der Waals surface area (Å²) in [6, 6.07) is 22.3. The Bertz CT molecular complexity index is 1440. The first-order chi connectivity index (χ1) is 18.6. The van der Waals surface area contributed by atoms with Crippen LogP contribution in [0.3, 0.4) is 0 Å². The molecule has 4 rings (SSSR count). The minimum atomic E-state index is -0.375. The van der Waals surface area contributed by atoms with Crippen molar-refractivity contribution >= 4 is 56.6 Å². The normalized spacial score (nSPS) is 10.9. The molecule has 7 nitrogen and oxygen atoms in total. The summed E-state index contributed by atoms with van der Waals surface area (Å²) in [7, 11) is 0.